The van der Waals surface area contributed by atoms with E-state index in [0.29, 0.717) is 0 Å². The largest absolute Gasteiger partial charge is 0.445 e. The lowest BCUT2D eigenvalue weighted by molar-refractivity contribution is -0.143. The summed E-state index contributed by atoms with van der Waals surface area (Å²) in [4.78, 5) is 21.9. The first-order valence-corrected chi connectivity index (χ1v) is 7.25. The van der Waals surface area contributed by atoms with Crippen LogP contribution in [0, 0.1) is 23.7 Å². The highest BCUT2D eigenvalue weighted by atomic mass is 16.5. The molecule has 23 heavy (non-hydrogen) atoms. The highest BCUT2D eigenvalue weighted by Crippen LogP contribution is 2.00. The van der Waals surface area contributed by atoms with Crippen LogP contribution in [0.5, 0.6) is 0 Å². The number of ether oxygens (including phenoxy) is 2. The van der Waals surface area contributed by atoms with Gasteiger partial charge in [0, 0.05) is 13.8 Å². The normalized spacial score (nSPS) is 11.9. The molecular formula is C19H22O4. The molecule has 2 atom stereocenters. The second-order valence-electron chi connectivity index (χ2n) is 4.48. The van der Waals surface area contributed by atoms with Crippen molar-refractivity contribution in [1.29, 1.82) is 0 Å². The molecule has 0 radical (unpaired) electrons. The van der Waals surface area contributed by atoms with Gasteiger partial charge < -0.3 is 9.47 Å². The number of rotatable bonds is 8. The topological polar surface area (TPSA) is 52.6 Å². The van der Waals surface area contributed by atoms with Crippen molar-refractivity contribution < 1.29 is 19.1 Å². The zero-order chi connectivity index (χ0) is 17.5. The van der Waals surface area contributed by atoms with Gasteiger partial charge in [-0.25, -0.2) is 0 Å². The van der Waals surface area contributed by atoms with Crippen molar-refractivity contribution >= 4 is 11.9 Å². The summed E-state index contributed by atoms with van der Waals surface area (Å²) in [5.41, 5.74) is 0. The van der Waals surface area contributed by atoms with Crippen molar-refractivity contribution in [1.82, 2.24) is 0 Å². The Bertz CT molecular complexity index is 564. The molecule has 0 aliphatic carbocycles. The Kier molecular flexibility index (Phi) is 11.4. The molecule has 0 heterocycles. The predicted octanol–water partition coefficient (Wildman–Crippen LogP) is 2.96. The molecule has 0 aromatic carbocycles. The van der Waals surface area contributed by atoms with E-state index in [1.54, 1.807) is 6.08 Å². The van der Waals surface area contributed by atoms with Gasteiger partial charge >= 0.3 is 11.9 Å². The number of hydrogen-bond donors (Lipinski definition) is 0. The van der Waals surface area contributed by atoms with Crippen molar-refractivity contribution in [3.05, 3.63) is 37.5 Å². The maximum Gasteiger partial charge on any atom is 0.304 e. The summed E-state index contributed by atoms with van der Waals surface area (Å²) >= 11 is 0. The molecule has 122 valence electrons. The third-order valence-corrected chi connectivity index (χ3v) is 2.38. The van der Waals surface area contributed by atoms with Gasteiger partial charge in [0.15, 0.2) is 12.2 Å². The van der Waals surface area contributed by atoms with Crippen molar-refractivity contribution in [3.8, 4) is 23.7 Å². The summed E-state index contributed by atoms with van der Waals surface area (Å²) in [6.45, 7) is 9.78. The second-order valence-corrected chi connectivity index (χ2v) is 4.48. The zero-order valence-electron chi connectivity index (χ0n) is 13.6. The van der Waals surface area contributed by atoms with E-state index in [0.717, 1.165) is 19.3 Å². The molecule has 0 amide bonds. The van der Waals surface area contributed by atoms with Gasteiger partial charge in [-0.3, -0.25) is 9.59 Å². The fourth-order valence-corrected chi connectivity index (χ4v) is 1.43. The Labute approximate surface area is 138 Å². The summed E-state index contributed by atoms with van der Waals surface area (Å²) in [6.07, 6.45) is 8.28. The molecule has 0 spiro atoms. The maximum atomic E-state index is 11.1. The lowest BCUT2D eigenvalue weighted by Crippen LogP contribution is -2.11. The summed E-state index contributed by atoms with van der Waals surface area (Å²) in [5.74, 6) is 9.64. The lowest BCUT2D eigenvalue weighted by atomic mass is 10.2. The number of esters is 2. The van der Waals surface area contributed by atoms with Crippen LogP contribution in [0.15, 0.2) is 37.5 Å². The Morgan fingerprint density at radius 1 is 1.00 bits per heavy atom. The monoisotopic (exact) mass is 314 g/mol. The summed E-state index contributed by atoms with van der Waals surface area (Å²) < 4.78 is 9.93. The van der Waals surface area contributed by atoms with E-state index in [1.165, 1.54) is 19.9 Å². The maximum absolute atomic E-state index is 11.1. The first-order valence-electron chi connectivity index (χ1n) is 7.25. The fourth-order valence-electron chi connectivity index (χ4n) is 1.43. The van der Waals surface area contributed by atoms with E-state index in [9.17, 15) is 9.59 Å². The molecule has 0 fully saturated rings. The number of unbranched alkanes of at least 4 members (excludes halogenated alkanes) is 2. The van der Waals surface area contributed by atoms with Crippen LogP contribution in [0.25, 0.3) is 0 Å². The second kappa shape index (κ2) is 13.0. The number of carbonyl (C=O) groups excluding carboxylic acids is 2. The molecule has 0 N–H and O–H groups in total. The van der Waals surface area contributed by atoms with Crippen LogP contribution in [-0.2, 0) is 19.1 Å². The van der Waals surface area contributed by atoms with E-state index >= 15 is 0 Å². The molecule has 0 aliphatic heterocycles. The molecule has 0 saturated heterocycles. The van der Waals surface area contributed by atoms with Gasteiger partial charge in [0.1, 0.15) is 0 Å². The summed E-state index contributed by atoms with van der Waals surface area (Å²) in [6, 6.07) is 0. The van der Waals surface area contributed by atoms with Gasteiger partial charge in [-0.05, 0) is 55.1 Å². The van der Waals surface area contributed by atoms with Gasteiger partial charge in [0.2, 0.25) is 0 Å². The minimum absolute atomic E-state index is 0.420. The number of allylic oxidation sites excluding steroid dienone is 2. The Hall–Kier alpha value is -2.72. The average Bonchev–Trinajstić information content (AvgIpc) is 2.48. The first kappa shape index (κ1) is 20.3. The lowest BCUT2D eigenvalue weighted by Gasteiger charge is -2.05. The van der Waals surface area contributed by atoms with Gasteiger partial charge in [0.05, 0.1) is 0 Å². The van der Waals surface area contributed by atoms with E-state index in [-0.39, 0.29) is 0 Å². The van der Waals surface area contributed by atoms with Crippen LogP contribution in [0.4, 0.5) is 0 Å². The highest BCUT2D eigenvalue weighted by Gasteiger charge is 2.03. The van der Waals surface area contributed by atoms with Crippen LogP contribution >= 0.6 is 0 Å². The molecular weight excluding hydrogens is 292 g/mol. The van der Waals surface area contributed by atoms with Crippen LogP contribution in [-0.4, -0.2) is 24.1 Å². The third-order valence-electron chi connectivity index (χ3n) is 2.38. The number of carbonyl (C=O) groups is 2. The van der Waals surface area contributed by atoms with Crippen LogP contribution in [0.1, 0.15) is 33.1 Å². The SMILES string of the molecule is C=CCCCC=C[C@@H](C#CC#C[C@@H](C=C)OC(C)=O)OC(C)=O. The molecule has 0 bridgehead atoms. The van der Waals surface area contributed by atoms with Gasteiger partial charge in [-0.15, -0.1) is 6.58 Å². The molecule has 0 unspecified atom stereocenters. The summed E-state index contributed by atoms with van der Waals surface area (Å²) in [7, 11) is 0. The minimum Gasteiger partial charge on any atom is -0.445 e. The average molecular weight is 314 g/mol. The molecule has 0 saturated carbocycles. The summed E-state index contributed by atoms with van der Waals surface area (Å²) in [5, 5.41) is 0. The molecule has 4 nitrogen and oxygen atoms in total. The molecule has 0 aliphatic rings. The minimum atomic E-state index is -0.705. The molecule has 0 rings (SSSR count). The van der Waals surface area contributed by atoms with E-state index in [2.05, 4.69) is 36.8 Å². The van der Waals surface area contributed by atoms with Gasteiger partial charge in [0.25, 0.3) is 0 Å². The quantitative estimate of drug-likeness (QED) is 0.299. The Balaban J connectivity index is 4.72. The highest BCUT2D eigenvalue weighted by molar-refractivity contribution is 5.67. The van der Waals surface area contributed by atoms with E-state index < -0.39 is 24.1 Å². The Morgan fingerprint density at radius 3 is 2.09 bits per heavy atom. The van der Waals surface area contributed by atoms with Gasteiger partial charge in [-0.2, -0.15) is 0 Å². The zero-order valence-corrected chi connectivity index (χ0v) is 13.6. The van der Waals surface area contributed by atoms with Crippen molar-refractivity contribution in [3.63, 3.8) is 0 Å². The molecule has 0 aromatic heterocycles. The first-order chi connectivity index (χ1) is 11.0. The molecule has 0 aromatic rings. The van der Waals surface area contributed by atoms with Gasteiger partial charge in [-0.1, -0.05) is 18.7 Å². The van der Waals surface area contributed by atoms with Crippen molar-refractivity contribution in [2.24, 2.45) is 0 Å². The van der Waals surface area contributed by atoms with E-state index in [1.807, 2.05) is 12.2 Å². The van der Waals surface area contributed by atoms with Crippen molar-refractivity contribution in [2.75, 3.05) is 0 Å². The van der Waals surface area contributed by atoms with Crippen molar-refractivity contribution in [2.45, 2.75) is 45.3 Å². The third kappa shape index (κ3) is 12.7. The van der Waals surface area contributed by atoms with Crippen LogP contribution in [0.3, 0.4) is 0 Å². The molecule has 4 heteroatoms. The predicted molar refractivity (Wildman–Crippen MR) is 90.0 cm³/mol. The Morgan fingerprint density at radius 2 is 1.57 bits per heavy atom. The van der Waals surface area contributed by atoms with E-state index in [4.69, 9.17) is 9.47 Å². The van der Waals surface area contributed by atoms with Crippen LogP contribution in [0.2, 0.25) is 0 Å². The number of hydrogen-bond acceptors (Lipinski definition) is 4. The van der Waals surface area contributed by atoms with Crippen LogP contribution < -0.4 is 0 Å². The smallest absolute Gasteiger partial charge is 0.304 e. The fraction of sp³-hybridized carbons (Fsp3) is 0.368. The standard InChI is InChI=1S/C19H22O4/c1-5-7-8-9-10-14-19(23-17(4)21)15-12-11-13-18(6-2)22-16(3)20/h5-6,10,14,18-19H,1-2,7-9H2,3-4H3/t18-,19+/m1/s1.